The van der Waals surface area contributed by atoms with Gasteiger partial charge in [0.2, 0.25) is 5.91 Å². The van der Waals surface area contributed by atoms with Crippen molar-refractivity contribution in [2.24, 2.45) is 10.9 Å². The number of benzene rings is 1. The van der Waals surface area contributed by atoms with Crippen LogP contribution in [0.25, 0.3) is 0 Å². The molecule has 1 heterocycles. The molecule has 0 spiro atoms. The molecule has 2 rings (SSSR count). The summed E-state index contributed by atoms with van der Waals surface area (Å²) in [6.45, 7) is 9.85. The average Bonchev–Trinajstić information content (AvgIpc) is 2.65. The SMILES string of the molecule is CCNC(=O)CN=C(NCC)N1CCC(c2ccccc2)C(CC)C1.I. The summed E-state index contributed by atoms with van der Waals surface area (Å²) in [7, 11) is 0. The Morgan fingerprint density at radius 3 is 2.46 bits per heavy atom. The lowest BCUT2D eigenvalue weighted by Gasteiger charge is -2.40. The Balaban J connectivity index is 0.00000338. The minimum atomic E-state index is -0.0240. The summed E-state index contributed by atoms with van der Waals surface area (Å²) >= 11 is 0. The summed E-state index contributed by atoms with van der Waals surface area (Å²) in [4.78, 5) is 18.6. The predicted octanol–water partition coefficient (Wildman–Crippen LogP) is 3.22. The van der Waals surface area contributed by atoms with E-state index in [4.69, 9.17) is 0 Å². The molecular weight excluding hydrogens is 439 g/mol. The van der Waals surface area contributed by atoms with Crippen molar-refractivity contribution in [2.75, 3.05) is 32.7 Å². The quantitative estimate of drug-likeness (QED) is 0.380. The number of rotatable bonds is 6. The molecule has 1 aromatic carbocycles. The molecule has 5 nitrogen and oxygen atoms in total. The van der Waals surface area contributed by atoms with E-state index in [1.165, 1.54) is 5.56 Å². The molecule has 0 saturated carbocycles. The third-order valence-electron chi connectivity index (χ3n) is 4.87. The summed E-state index contributed by atoms with van der Waals surface area (Å²) in [6, 6.07) is 10.8. The standard InChI is InChI=1S/C20H32N4O.HI/c1-4-16-15-24(13-12-18(16)17-10-8-7-9-11-17)20(22-6-3)23-14-19(25)21-5-2;/h7-11,16,18H,4-6,12-15H2,1-3H3,(H,21,25)(H,22,23);1H. The minimum Gasteiger partial charge on any atom is -0.357 e. The lowest BCUT2D eigenvalue weighted by molar-refractivity contribution is -0.119. The number of nitrogens with one attached hydrogen (secondary N) is 2. The number of piperidine rings is 1. The fourth-order valence-corrected chi connectivity index (χ4v) is 3.60. The number of aliphatic imine (C=N–C) groups is 1. The van der Waals surface area contributed by atoms with Crippen molar-refractivity contribution < 1.29 is 4.79 Å². The van der Waals surface area contributed by atoms with Gasteiger partial charge < -0.3 is 15.5 Å². The van der Waals surface area contributed by atoms with E-state index in [2.05, 4.69) is 64.7 Å². The number of nitrogens with zero attached hydrogens (tertiary/aromatic N) is 2. The molecule has 2 atom stereocenters. The highest BCUT2D eigenvalue weighted by Crippen LogP contribution is 2.34. The molecule has 6 heteroatoms. The van der Waals surface area contributed by atoms with E-state index in [9.17, 15) is 4.79 Å². The molecular formula is C20H33IN4O. The highest BCUT2D eigenvalue weighted by Gasteiger charge is 2.30. The molecule has 0 radical (unpaired) electrons. The third kappa shape index (κ3) is 6.45. The maximum absolute atomic E-state index is 11.7. The van der Waals surface area contributed by atoms with Gasteiger partial charge in [0.1, 0.15) is 6.54 Å². The zero-order valence-corrected chi connectivity index (χ0v) is 18.5. The molecule has 1 fully saturated rings. The van der Waals surface area contributed by atoms with Gasteiger partial charge in [-0.2, -0.15) is 0 Å². The topological polar surface area (TPSA) is 56.7 Å². The molecule has 1 aromatic rings. The fraction of sp³-hybridized carbons (Fsp3) is 0.600. The maximum Gasteiger partial charge on any atom is 0.241 e. The lowest BCUT2D eigenvalue weighted by atomic mass is 9.79. The first-order valence-electron chi connectivity index (χ1n) is 9.54. The second-order valence-corrected chi connectivity index (χ2v) is 6.54. The van der Waals surface area contributed by atoms with Crippen LogP contribution in [0.15, 0.2) is 35.3 Å². The molecule has 1 aliphatic heterocycles. The molecule has 146 valence electrons. The number of carbonyl (C=O) groups is 1. The van der Waals surface area contributed by atoms with Crippen molar-refractivity contribution in [3.63, 3.8) is 0 Å². The number of likely N-dealkylation sites (N-methyl/N-ethyl adjacent to an activating group) is 1. The van der Waals surface area contributed by atoms with Crippen LogP contribution in [0.3, 0.4) is 0 Å². The summed E-state index contributed by atoms with van der Waals surface area (Å²) in [5.74, 6) is 2.04. The normalized spacial score (nSPS) is 20.3. The van der Waals surface area contributed by atoms with Gasteiger partial charge in [0.15, 0.2) is 5.96 Å². The number of halogens is 1. The van der Waals surface area contributed by atoms with Crippen molar-refractivity contribution in [1.29, 1.82) is 0 Å². The van der Waals surface area contributed by atoms with Gasteiger partial charge in [-0.15, -0.1) is 24.0 Å². The molecule has 0 aliphatic carbocycles. The Kier molecular flexibility index (Phi) is 10.6. The van der Waals surface area contributed by atoms with Crippen LogP contribution in [-0.2, 0) is 4.79 Å². The van der Waals surface area contributed by atoms with Gasteiger partial charge in [0.05, 0.1) is 0 Å². The number of likely N-dealkylation sites (tertiary alicyclic amines) is 1. The first kappa shape index (κ1) is 22.7. The number of carbonyl (C=O) groups excluding carboxylic acids is 1. The van der Waals surface area contributed by atoms with Gasteiger partial charge in [0.25, 0.3) is 0 Å². The van der Waals surface area contributed by atoms with Gasteiger partial charge in [-0.25, -0.2) is 4.99 Å². The van der Waals surface area contributed by atoms with Crippen molar-refractivity contribution >= 4 is 35.8 Å². The van der Waals surface area contributed by atoms with Crippen LogP contribution >= 0.6 is 24.0 Å². The first-order chi connectivity index (χ1) is 12.2. The number of hydrogen-bond acceptors (Lipinski definition) is 2. The second kappa shape index (κ2) is 12.1. The predicted molar refractivity (Wildman–Crippen MR) is 119 cm³/mol. The van der Waals surface area contributed by atoms with E-state index in [1.807, 2.05) is 6.92 Å². The van der Waals surface area contributed by atoms with E-state index < -0.39 is 0 Å². The van der Waals surface area contributed by atoms with Crippen molar-refractivity contribution in [3.05, 3.63) is 35.9 Å². The lowest BCUT2D eigenvalue weighted by Crippen LogP contribution is -2.48. The molecule has 2 unspecified atom stereocenters. The molecule has 1 amide bonds. The summed E-state index contributed by atoms with van der Waals surface area (Å²) in [5.41, 5.74) is 1.44. The minimum absolute atomic E-state index is 0. The van der Waals surface area contributed by atoms with E-state index in [0.717, 1.165) is 38.4 Å². The molecule has 0 bridgehead atoms. The fourth-order valence-electron chi connectivity index (χ4n) is 3.60. The Hall–Kier alpha value is -1.31. The molecule has 1 saturated heterocycles. The van der Waals surface area contributed by atoms with Crippen LogP contribution in [-0.4, -0.2) is 49.5 Å². The molecule has 26 heavy (non-hydrogen) atoms. The smallest absolute Gasteiger partial charge is 0.241 e. The Morgan fingerprint density at radius 2 is 1.85 bits per heavy atom. The van der Waals surface area contributed by atoms with E-state index in [1.54, 1.807) is 0 Å². The van der Waals surface area contributed by atoms with Gasteiger partial charge in [0, 0.05) is 26.2 Å². The van der Waals surface area contributed by atoms with Crippen LogP contribution in [0.4, 0.5) is 0 Å². The van der Waals surface area contributed by atoms with Crippen LogP contribution < -0.4 is 10.6 Å². The molecule has 2 N–H and O–H groups in total. The molecule has 0 aromatic heterocycles. The summed E-state index contributed by atoms with van der Waals surface area (Å²) < 4.78 is 0. The zero-order valence-electron chi connectivity index (χ0n) is 16.2. The number of hydrogen-bond donors (Lipinski definition) is 2. The highest BCUT2D eigenvalue weighted by molar-refractivity contribution is 14.0. The van der Waals surface area contributed by atoms with Crippen LogP contribution in [0, 0.1) is 5.92 Å². The highest BCUT2D eigenvalue weighted by atomic mass is 127. The van der Waals surface area contributed by atoms with Crippen LogP contribution in [0.1, 0.15) is 45.1 Å². The summed E-state index contributed by atoms with van der Waals surface area (Å²) in [6.07, 6.45) is 2.26. The van der Waals surface area contributed by atoms with Gasteiger partial charge in [-0.05, 0) is 37.7 Å². The van der Waals surface area contributed by atoms with Crippen LogP contribution in [0.5, 0.6) is 0 Å². The number of guanidine groups is 1. The maximum atomic E-state index is 11.7. The van der Waals surface area contributed by atoms with E-state index in [0.29, 0.717) is 18.4 Å². The largest absolute Gasteiger partial charge is 0.357 e. The monoisotopic (exact) mass is 472 g/mol. The Labute approximate surface area is 175 Å². The molecule has 1 aliphatic rings. The Bertz CT molecular complexity index is 564. The number of amides is 1. The van der Waals surface area contributed by atoms with E-state index in [-0.39, 0.29) is 36.4 Å². The van der Waals surface area contributed by atoms with Crippen molar-refractivity contribution in [3.8, 4) is 0 Å². The van der Waals surface area contributed by atoms with Gasteiger partial charge in [-0.3, -0.25) is 4.79 Å². The second-order valence-electron chi connectivity index (χ2n) is 6.54. The van der Waals surface area contributed by atoms with Crippen LogP contribution in [0.2, 0.25) is 0 Å². The van der Waals surface area contributed by atoms with Crippen molar-refractivity contribution in [1.82, 2.24) is 15.5 Å². The summed E-state index contributed by atoms with van der Waals surface area (Å²) in [5, 5.41) is 6.15. The third-order valence-corrected chi connectivity index (χ3v) is 4.87. The average molecular weight is 472 g/mol. The van der Waals surface area contributed by atoms with Gasteiger partial charge >= 0.3 is 0 Å². The van der Waals surface area contributed by atoms with E-state index >= 15 is 0 Å². The van der Waals surface area contributed by atoms with Crippen molar-refractivity contribution in [2.45, 2.75) is 39.5 Å². The zero-order chi connectivity index (χ0) is 18.1. The first-order valence-corrected chi connectivity index (χ1v) is 9.54. The van der Waals surface area contributed by atoms with Gasteiger partial charge in [-0.1, -0.05) is 43.7 Å². The Morgan fingerprint density at radius 1 is 1.15 bits per heavy atom.